The van der Waals surface area contributed by atoms with Gasteiger partial charge in [0.05, 0.1) is 24.4 Å². The van der Waals surface area contributed by atoms with Gasteiger partial charge in [0.15, 0.2) is 0 Å². The maximum Gasteiger partial charge on any atom is 0.307 e. The van der Waals surface area contributed by atoms with Gasteiger partial charge < -0.3 is 9.64 Å². The number of nitrogens with zero attached hydrogens (tertiary/aromatic N) is 1. The van der Waals surface area contributed by atoms with Crippen LogP contribution in [0.2, 0.25) is 5.02 Å². The first-order valence-corrected chi connectivity index (χ1v) is 10.4. The van der Waals surface area contributed by atoms with E-state index in [1.165, 1.54) is 0 Å². The number of carbonyl (C=O) groups is 2. The topological polar surface area (TPSA) is 70.5 Å². The molecule has 2 aromatic rings. The molecule has 5 nitrogen and oxygen atoms in total. The molecular formula is C24H29ClN2O3. The summed E-state index contributed by atoms with van der Waals surface area (Å²) in [7, 11) is 0. The van der Waals surface area contributed by atoms with E-state index in [-0.39, 0.29) is 36.0 Å². The van der Waals surface area contributed by atoms with Crippen molar-refractivity contribution in [3.63, 3.8) is 0 Å². The Morgan fingerprint density at radius 2 is 1.77 bits per heavy atom. The van der Waals surface area contributed by atoms with Crippen molar-refractivity contribution in [2.24, 2.45) is 5.41 Å². The molecule has 0 aliphatic heterocycles. The van der Waals surface area contributed by atoms with Gasteiger partial charge in [-0.2, -0.15) is 0 Å². The van der Waals surface area contributed by atoms with Crippen molar-refractivity contribution in [3.05, 3.63) is 64.7 Å². The summed E-state index contributed by atoms with van der Waals surface area (Å²) in [5.41, 5.74) is 1.86. The molecule has 0 radical (unpaired) electrons. The van der Waals surface area contributed by atoms with E-state index in [4.69, 9.17) is 21.7 Å². The lowest BCUT2D eigenvalue weighted by Gasteiger charge is -2.28. The van der Waals surface area contributed by atoms with Crippen LogP contribution in [-0.2, 0) is 14.3 Å². The molecule has 1 N–H and O–H groups in total. The van der Waals surface area contributed by atoms with Gasteiger partial charge >= 0.3 is 5.97 Å². The van der Waals surface area contributed by atoms with Crippen molar-refractivity contribution in [3.8, 4) is 0 Å². The fourth-order valence-electron chi connectivity index (χ4n) is 3.07. The minimum Gasteiger partial charge on any atom is -0.466 e. The summed E-state index contributed by atoms with van der Waals surface area (Å²) in [4.78, 5) is 26.7. The van der Waals surface area contributed by atoms with Gasteiger partial charge in [0.25, 0.3) is 0 Å². The van der Waals surface area contributed by atoms with Crippen molar-refractivity contribution in [2.45, 2.75) is 40.5 Å². The van der Waals surface area contributed by atoms with Crippen LogP contribution in [-0.4, -0.2) is 30.7 Å². The summed E-state index contributed by atoms with van der Waals surface area (Å²) >= 11 is 6.23. The Labute approximate surface area is 183 Å². The largest absolute Gasteiger partial charge is 0.466 e. The molecule has 0 spiro atoms. The summed E-state index contributed by atoms with van der Waals surface area (Å²) in [6.45, 7) is 8.18. The summed E-state index contributed by atoms with van der Waals surface area (Å²) in [5.74, 6) is -0.476. The normalized spacial score (nSPS) is 11.1. The highest BCUT2D eigenvalue weighted by atomic mass is 35.5. The SMILES string of the molecule is CCOC(=O)CCN(C(=O)CC(C)(C)C)c1ccc(Cl)cc1C(=N)c1ccccc1. The molecule has 30 heavy (non-hydrogen) atoms. The highest BCUT2D eigenvalue weighted by Crippen LogP contribution is 2.30. The Morgan fingerprint density at radius 1 is 1.10 bits per heavy atom. The van der Waals surface area contributed by atoms with Crippen molar-refractivity contribution in [1.82, 2.24) is 0 Å². The van der Waals surface area contributed by atoms with Crippen LogP contribution in [0.25, 0.3) is 0 Å². The minimum atomic E-state index is -0.361. The molecule has 0 heterocycles. The van der Waals surface area contributed by atoms with Crippen LogP contribution in [0.1, 0.15) is 51.7 Å². The smallest absolute Gasteiger partial charge is 0.307 e. The number of carbonyl (C=O) groups excluding carboxylic acids is 2. The molecule has 0 atom stereocenters. The molecule has 0 aromatic heterocycles. The molecule has 6 heteroatoms. The number of benzene rings is 2. The number of hydrogen-bond donors (Lipinski definition) is 1. The molecule has 1 amide bonds. The zero-order valence-corrected chi connectivity index (χ0v) is 18.8. The van der Waals surface area contributed by atoms with E-state index in [1.807, 2.05) is 51.1 Å². The first-order valence-electron chi connectivity index (χ1n) is 10.0. The van der Waals surface area contributed by atoms with E-state index in [2.05, 4.69) is 0 Å². The number of nitrogens with one attached hydrogen (secondary N) is 1. The molecular weight excluding hydrogens is 400 g/mol. The molecule has 160 valence electrons. The van der Waals surface area contributed by atoms with E-state index < -0.39 is 0 Å². The van der Waals surface area contributed by atoms with Gasteiger partial charge in [-0.05, 0) is 30.5 Å². The summed E-state index contributed by atoms with van der Waals surface area (Å²) in [5, 5.41) is 9.19. The van der Waals surface area contributed by atoms with Crippen molar-refractivity contribution in [1.29, 1.82) is 5.41 Å². The number of amides is 1. The average molecular weight is 429 g/mol. The van der Waals surface area contributed by atoms with Crippen molar-refractivity contribution >= 4 is 34.9 Å². The van der Waals surface area contributed by atoms with E-state index in [0.717, 1.165) is 5.56 Å². The van der Waals surface area contributed by atoms with Gasteiger partial charge in [-0.1, -0.05) is 62.7 Å². The van der Waals surface area contributed by atoms with Crippen LogP contribution in [0.3, 0.4) is 0 Å². The summed E-state index contributed by atoms with van der Waals surface area (Å²) in [6, 6.07) is 14.4. The third kappa shape index (κ3) is 6.70. The van der Waals surface area contributed by atoms with Gasteiger partial charge in [-0.25, -0.2) is 0 Å². The number of rotatable bonds is 8. The fourth-order valence-corrected chi connectivity index (χ4v) is 3.24. The lowest BCUT2D eigenvalue weighted by atomic mass is 9.91. The highest BCUT2D eigenvalue weighted by molar-refractivity contribution is 6.31. The number of anilines is 1. The number of halogens is 1. The number of ether oxygens (including phenoxy) is 1. The lowest BCUT2D eigenvalue weighted by Crippen LogP contribution is -2.36. The van der Waals surface area contributed by atoms with E-state index >= 15 is 0 Å². The molecule has 2 aromatic carbocycles. The standard InChI is InChI=1S/C24H29ClN2O3/c1-5-30-22(29)13-14-27(21(28)16-24(2,3)4)20-12-11-18(25)15-19(20)23(26)17-9-7-6-8-10-17/h6-12,15,26H,5,13-14,16H2,1-4H3. The Morgan fingerprint density at radius 3 is 2.37 bits per heavy atom. The Hall–Kier alpha value is -2.66. The minimum absolute atomic E-state index is 0.0739. The summed E-state index contributed by atoms with van der Waals surface area (Å²) < 4.78 is 5.03. The van der Waals surface area contributed by atoms with E-state index in [1.54, 1.807) is 30.0 Å². The van der Waals surface area contributed by atoms with Gasteiger partial charge in [0, 0.05) is 29.1 Å². The second kappa shape index (κ2) is 10.4. The van der Waals surface area contributed by atoms with Crippen LogP contribution < -0.4 is 4.90 Å². The molecule has 2 rings (SSSR count). The molecule has 0 saturated heterocycles. The third-order valence-corrected chi connectivity index (χ3v) is 4.64. The zero-order valence-electron chi connectivity index (χ0n) is 18.0. The fraction of sp³-hybridized carbons (Fsp3) is 0.375. The van der Waals surface area contributed by atoms with E-state index in [0.29, 0.717) is 29.3 Å². The monoisotopic (exact) mass is 428 g/mol. The number of hydrogen-bond acceptors (Lipinski definition) is 4. The predicted octanol–water partition coefficient (Wildman–Crippen LogP) is 5.48. The van der Waals surface area contributed by atoms with Crippen molar-refractivity contribution < 1.29 is 14.3 Å². The molecule has 0 aliphatic carbocycles. The maximum atomic E-state index is 13.2. The second-order valence-corrected chi connectivity index (χ2v) is 8.68. The Bertz CT molecular complexity index is 904. The molecule has 0 unspecified atom stereocenters. The highest BCUT2D eigenvalue weighted by Gasteiger charge is 2.26. The molecule has 0 saturated carbocycles. The van der Waals surface area contributed by atoms with Crippen LogP contribution in [0, 0.1) is 10.8 Å². The van der Waals surface area contributed by atoms with Gasteiger partial charge in [-0.15, -0.1) is 0 Å². The van der Waals surface area contributed by atoms with Crippen LogP contribution >= 0.6 is 11.6 Å². The van der Waals surface area contributed by atoms with Gasteiger partial charge in [0.2, 0.25) is 5.91 Å². The third-order valence-electron chi connectivity index (χ3n) is 4.41. The lowest BCUT2D eigenvalue weighted by molar-refractivity contribution is -0.142. The second-order valence-electron chi connectivity index (χ2n) is 8.24. The molecule has 0 aliphatic rings. The quantitative estimate of drug-likeness (QED) is 0.447. The van der Waals surface area contributed by atoms with Crippen molar-refractivity contribution in [2.75, 3.05) is 18.1 Å². The first-order chi connectivity index (χ1) is 14.1. The first kappa shape index (κ1) is 23.6. The Kier molecular flexibility index (Phi) is 8.18. The van der Waals surface area contributed by atoms with Crippen LogP contribution in [0.4, 0.5) is 5.69 Å². The molecule has 0 fully saturated rings. The molecule has 0 bridgehead atoms. The predicted molar refractivity (Wildman–Crippen MR) is 121 cm³/mol. The summed E-state index contributed by atoms with van der Waals surface area (Å²) in [6.07, 6.45) is 0.376. The van der Waals surface area contributed by atoms with Gasteiger partial charge in [-0.3, -0.25) is 15.0 Å². The van der Waals surface area contributed by atoms with Crippen LogP contribution in [0.15, 0.2) is 48.5 Å². The Balaban J connectivity index is 2.47. The maximum absolute atomic E-state index is 13.2. The number of esters is 1. The van der Waals surface area contributed by atoms with Gasteiger partial charge in [0.1, 0.15) is 0 Å². The average Bonchev–Trinajstić information content (AvgIpc) is 2.68. The van der Waals surface area contributed by atoms with Crippen LogP contribution in [0.5, 0.6) is 0 Å². The zero-order chi connectivity index (χ0) is 22.3. The van der Waals surface area contributed by atoms with E-state index in [9.17, 15) is 9.59 Å².